The first-order valence-corrected chi connectivity index (χ1v) is 2.32. The molecule has 0 aromatic carbocycles. The van der Waals surface area contributed by atoms with Gasteiger partial charge >= 0.3 is 0 Å². The third-order valence-corrected chi connectivity index (χ3v) is 0.636. The van der Waals surface area contributed by atoms with E-state index in [0.717, 1.165) is 0 Å². The van der Waals surface area contributed by atoms with Crippen molar-refractivity contribution in [3.05, 3.63) is 11.8 Å². The maximum absolute atomic E-state index is 10.2. The maximum atomic E-state index is 10.2. The van der Waals surface area contributed by atoms with Gasteiger partial charge in [-0.3, -0.25) is 5.26 Å². The fraction of sp³-hybridized carbons (Fsp3) is 0.600. The zero-order valence-corrected chi connectivity index (χ0v) is 4.92. The van der Waals surface area contributed by atoms with E-state index in [1.807, 2.05) is 0 Å². The summed E-state index contributed by atoms with van der Waals surface area (Å²) in [5.74, 6) is -0.105. The first kappa shape index (κ1) is 7.46. The summed E-state index contributed by atoms with van der Waals surface area (Å²) in [6.07, 6.45) is 0.785. The maximum Gasteiger partial charge on any atom is 0.107 e. The lowest BCUT2D eigenvalue weighted by Gasteiger charge is -2.06. The Kier molecular flexibility index (Phi) is 3.23. The predicted molar refractivity (Wildman–Crippen MR) is 26.9 cm³/mol. The fourth-order valence-electron chi connectivity index (χ4n) is 0.361. The first-order chi connectivity index (χ1) is 3.66. The largest absolute Gasteiger partial charge is 0.876 e. The van der Waals surface area contributed by atoms with Gasteiger partial charge in [0.2, 0.25) is 0 Å². The topological polar surface area (TPSA) is 52.5 Å². The number of allylic oxidation sites excluding steroid dienone is 1. The van der Waals surface area contributed by atoms with E-state index in [9.17, 15) is 5.11 Å². The Morgan fingerprint density at radius 1 is 1.88 bits per heavy atom. The molecule has 0 fully saturated rings. The molecule has 0 saturated carbocycles. The summed E-state index contributed by atoms with van der Waals surface area (Å²) in [5.41, 5.74) is 0. The van der Waals surface area contributed by atoms with Crippen LogP contribution in [0.25, 0.3) is 0 Å². The fourth-order valence-corrected chi connectivity index (χ4v) is 0.361. The summed E-state index contributed by atoms with van der Waals surface area (Å²) in [4.78, 5) is 3.78. The van der Waals surface area contributed by atoms with Crippen molar-refractivity contribution in [3.63, 3.8) is 0 Å². The Morgan fingerprint density at radius 3 is 2.50 bits per heavy atom. The highest BCUT2D eigenvalue weighted by Gasteiger charge is 1.89. The molecule has 1 N–H and O–H groups in total. The lowest BCUT2D eigenvalue weighted by Crippen LogP contribution is -2.06. The molecule has 0 amide bonds. The predicted octanol–water partition coefficient (Wildman–Crippen LogP) is 0.129. The third kappa shape index (κ3) is 3.64. The highest BCUT2D eigenvalue weighted by Crippen LogP contribution is 1.90. The summed E-state index contributed by atoms with van der Waals surface area (Å²) in [6, 6.07) is 0. The average molecular weight is 117 g/mol. The smallest absolute Gasteiger partial charge is 0.107 e. The molecule has 0 bridgehead atoms. The minimum Gasteiger partial charge on any atom is -0.876 e. The number of hydrogen-bond acceptors (Lipinski definition) is 3. The molecular formula is C5H9O3-. The first-order valence-electron chi connectivity index (χ1n) is 2.32. The Hall–Kier alpha value is -0.540. The second kappa shape index (κ2) is 3.46. The SMILES string of the molecule is C/C([O-])=C\C(C)OO. The normalized spacial score (nSPS) is 16.1. The Labute approximate surface area is 48.1 Å². The summed E-state index contributed by atoms with van der Waals surface area (Å²) in [7, 11) is 0. The quantitative estimate of drug-likeness (QED) is 0.317. The van der Waals surface area contributed by atoms with Crippen LogP contribution in [0.15, 0.2) is 11.8 Å². The molecule has 0 aromatic heterocycles. The Balaban J connectivity index is 3.51. The molecule has 3 nitrogen and oxygen atoms in total. The van der Waals surface area contributed by atoms with Gasteiger partial charge in [-0.25, -0.2) is 4.89 Å². The lowest BCUT2D eigenvalue weighted by atomic mass is 10.3. The molecule has 0 aliphatic rings. The van der Waals surface area contributed by atoms with Crippen LogP contribution in [0.4, 0.5) is 0 Å². The molecule has 0 saturated heterocycles. The second-order valence-electron chi connectivity index (χ2n) is 1.59. The van der Waals surface area contributed by atoms with Gasteiger partial charge in [0, 0.05) is 0 Å². The Bertz CT molecular complexity index is 83.7. The summed E-state index contributed by atoms with van der Waals surface area (Å²) in [5, 5.41) is 18.1. The average Bonchev–Trinajstić information content (AvgIpc) is 1.65. The van der Waals surface area contributed by atoms with Crippen molar-refractivity contribution in [2.75, 3.05) is 0 Å². The van der Waals surface area contributed by atoms with Crippen LogP contribution in [-0.4, -0.2) is 11.4 Å². The molecular weight excluding hydrogens is 108 g/mol. The molecule has 0 rings (SSSR count). The summed E-state index contributed by atoms with van der Waals surface area (Å²) >= 11 is 0. The molecule has 0 spiro atoms. The summed E-state index contributed by atoms with van der Waals surface area (Å²) < 4.78 is 0. The van der Waals surface area contributed by atoms with Crippen LogP contribution in [0.1, 0.15) is 13.8 Å². The minimum atomic E-state index is -0.493. The van der Waals surface area contributed by atoms with E-state index < -0.39 is 6.10 Å². The van der Waals surface area contributed by atoms with Crippen molar-refractivity contribution < 1.29 is 15.3 Å². The van der Waals surface area contributed by atoms with Crippen molar-refractivity contribution in [2.24, 2.45) is 0 Å². The van der Waals surface area contributed by atoms with Crippen LogP contribution in [-0.2, 0) is 4.89 Å². The standard InChI is InChI=1S/C5H10O3/c1-4(6)3-5(2)8-7/h3,5-7H,1-2H3/p-1/b4-3+. The van der Waals surface area contributed by atoms with Gasteiger partial charge < -0.3 is 5.11 Å². The van der Waals surface area contributed by atoms with Crippen molar-refractivity contribution in [3.8, 4) is 0 Å². The van der Waals surface area contributed by atoms with Gasteiger partial charge in [0.1, 0.15) is 6.10 Å². The van der Waals surface area contributed by atoms with Crippen LogP contribution in [0.5, 0.6) is 0 Å². The van der Waals surface area contributed by atoms with Gasteiger partial charge in [-0.1, -0.05) is 13.0 Å². The highest BCUT2D eigenvalue weighted by atomic mass is 17.1. The third-order valence-electron chi connectivity index (χ3n) is 0.636. The molecule has 1 unspecified atom stereocenters. The van der Waals surface area contributed by atoms with Crippen molar-refractivity contribution >= 4 is 0 Å². The van der Waals surface area contributed by atoms with Crippen LogP contribution >= 0.6 is 0 Å². The van der Waals surface area contributed by atoms with E-state index in [-0.39, 0.29) is 5.76 Å². The van der Waals surface area contributed by atoms with Crippen LogP contribution < -0.4 is 5.11 Å². The van der Waals surface area contributed by atoms with E-state index in [1.54, 1.807) is 6.92 Å². The van der Waals surface area contributed by atoms with E-state index in [1.165, 1.54) is 13.0 Å². The molecule has 0 aliphatic heterocycles. The van der Waals surface area contributed by atoms with Gasteiger partial charge in [0.25, 0.3) is 0 Å². The molecule has 0 aliphatic carbocycles. The van der Waals surface area contributed by atoms with Gasteiger partial charge in [0.15, 0.2) is 0 Å². The minimum absolute atomic E-state index is 0.105. The Morgan fingerprint density at radius 2 is 2.38 bits per heavy atom. The summed E-state index contributed by atoms with van der Waals surface area (Å²) in [6.45, 7) is 2.97. The highest BCUT2D eigenvalue weighted by molar-refractivity contribution is 4.88. The van der Waals surface area contributed by atoms with E-state index in [4.69, 9.17) is 5.26 Å². The molecule has 1 atom stereocenters. The number of rotatable bonds is 2. The molecule has 0 heterocycles. The van der Waals surface area contributed by atoms with Crippen LogP contribution in [0, 0.1) is 0 Å². The van der Waals surface area contributed by atoms with E-state index >= 15 is 0 Å². The lowest BCUT2D eigenvalue weighted by molar-refractivity contribution is -0.307. The molecule has 0 aromatic rings. The van der Waals surface area contributed by atoms with Gasteiger partial charge in [-0.15, -0.1) is 5.76 Å². The zero-order valence-electron chi connectivity index (χ0n) is 4.92. The molecule has 8 heavy (non-hydrogen) atoms. The molecule has 48 valence electrons. The molecule has 3 heteroatoms. The zero-order chi connectivity index (χ0) is 6.57. The van der Waals surface area contributed by atoms with E-state index in [2.05, 4.69) is 4.89 Å². The van der Waals surface area contributed by atoms with Crippen molar-refractivity contribution in [1.82, 2.24) is 0 Å². The van der Waals surface area contributed by atoms with Crippen molar-refractivity contribution in [1.29, 1.82) is 0 Å². The number of hydrogen-bond donors (Lipinski definition) is 1. The van der Waals surface area contributed by atoms with E-state index in [0.29, 0.717) is 0 Å². The van der Waals surface area contributed by atoms with Gasteiger partial charge in [-0.2, -0.15) is 0 Å². The molecule has 0 radical (unpaired) electrons. The van der Waals surface area contributed by atoms with Crippen LogP contribution in [0.3, 0.4) is 0 Å². The second-order valence-corrected chi connectivity index (χ2v) is 1.59. The van der Waals surface area contributed by atoms with Crippen molar-refractivity contribution in [2.45, 2.75) is 20.0 Å². The van der Waals surface area contributed by atoms with Gasteiger partial charge in [-0.05, 0) is 6.92 Å². The monoisotopic (exact) mass is 117 g/mol. The van der Waals surface area contributed by atoms with Gasteiger partial charge in [0.05, 0.1) is 0 Å². The van der Waals surface area contributed by atoms with Crippen LogP contribution in [0.2, 0.25) is 0 Å².